The number of hydrogen-bond donors (Lipinski definition) is 2. The van der Waals surface area contributed by atoms with Gasteiger partial charge in [0.1, 0.15) is 0 Å². The van der Waals surface area contributed by atoms with E-state index in [-0.39, 0.29) is 16.8 Å². The normalized spacial score (nSPS) is 18.2. The molecule has 1 aromatic rings. The van der Waals surface area contributed by atoms with Crippen molar-refractivity contribution in [1.82, 2.24) is 10.0 Å². The van der Waals surface area contributed by atoms with Crippen LogP contribution in [0.15, 0.2) is 33.6 Å². The summed E-state index contributed by atoms with van der Waals surface area (Å²) in [4.78, 5) is 12.4. The van der Waals surface area contributed by atoms with E-state index in [0.717, 1.165) is 30.2 Å². The van der Waals surface area contributed by atoms with E-state index in [9.17, 15) is 13.2 Å². The second-order valence-electron chi connectivity index (χ2n) is 5.99. The molecule has 0 radical (unpaired) electrons. The first-order chi connectivity index (χ1) is 10.9. The molecule has 5 nitrogen and oxygen atoms in total. The largest absolute Gasteiger partial charge is 0.352 e. The van der Waals surface area contributed by atoms with Crippen molar-refractivity contribution in [3.63, 3.8) is 0 Å². The number of carbonyl (C=O) groups is 1. The highest BCUT2D eigenvalue weighted by Crippen LogP contribution is 2.18. The Morgan fingerprint density at radius 3 is 2.26 bits per heavy atom. The van der Waals surface area contributed by atoms with Gasteiger partial charge in [-0.15, -0.1) is 0 Å². The van der Waals surface area contributed by atoms with Gasteiger partial charge in [-0.1, -0.05) is 41.6 Å². The van der Waals surface area contributed by atoms with Crippen molar-refractivity contribution in [3.05, 3.63) is 28.7 Å². The van der Waals surface area contributed by atoms with E-state index in [1.54, 1.807) is 19.1 Å². The van der Waals surface area contributed by atoms with E-state index in [1.807, 2.05) is 0 Å². The average Bonchev–Trinajstić information content (AvgIpc) is 2.76. The van der Waals surface area contributed by atoms with Crippen molar-refractivity contribution in [2.45, 2.75) is 62.4 Å². The fraction of sp³-hybridized carbons (Fsp3) is 0.562. The van der Waals surface area contributed by atoms with Crippen LogP contribution in [-0.4, -0.2) is 26.4 Å². The van der Waals surface area contributed by atoms with Crippen LogP contribution >= 0.6 is 15.9 Å². The number of amides is 1. The molecular weight excluding hydrogens is 380 g/mol. The summed E-state index contributed by atoms with van der Waals surface area (Å²) in [5, 5.41) is 2.97. The van der Waals surface area contributed by atoms with Crippen LogP contribution in [0.4, 0.5) is 0 Å². The molecule has 128 valence electrons. The van der Waals surface area contributed by atoms with Crippen molar-refractivity contribution < 1.29 is 13.2 Å². The van der Waals surface area contributed by atoms with Gasteiger partial charge in [0.05, 0.1) is 10.9 Å². The molecule has 1 saturated carbocycles. The molecule has 0 saturated heterocycles. The maximum atomic E-state index is 12.3. The summed E-state index contributed by atoms with van der Waals surface area (Å²) in [5.41, 5.74) is 0. The molecule has 7 heteroatoms. The second-order valence-corrected chi connectivity index (χ2v) is 8.62. The topological polar surface area (TPSA) is 75.3 Å². The molecule has 0 aliphatic heterocycles. The first-order valence-electron chi connectivity index (χ1n) is 7.97. The van der Waals surface area contributed by atoms with E-state index < -0.39 is 16.1 Å². The van der Waals surface area contributed by atoms with Gasteiger partial charge in [0.25, 0.3) is 0 Å². The van der Waals surface area contributed by atoms with Gasteiger partial charge < -0.3 is 5.32 Å². The predicted molar refractivity (Wildman–Crippen MR) is 93.6 cm³/mol. The molecular formula is C16H23BrN2O3S. The minimum atomic E-state index is -3.70. The predicted octanol–water partition coefficient (Wildman–Crippen LogP) is 2.95. The Labute approximate surface area is 146 Å². The minimum absolute atomic E-state index is 0.148. The molecule has 1 amide bonds. The summed E-state index contributed by atoms with van der Waals surface area (Å²) < 4.78 is 27.8. The molecule has 0 unspecified atom stereocenters. The zero-order valence-corrected chi connectivity index (χ0v) is 15.6. The Bertz CT molecular complexity index is 623. The van der Waals surface area contributed by atoms with Gasteiger partial charge >= 0.3 is 0 Å². The van der Waals surface area contributed by atoms with Crippen LogP contribution in [0.25, 0.3) is 0 Å². The van der Waals surface area contributed by atoms with Crippen LogP contribution in [0.3, 0.4) is 0 Å². The van der Waals surface area contributed by atoms with Crippen molar-refractivity contribution in [1.29, 1.82) is 0 Å². The number of rotatable bonds is 5. The first-order valence-corrected chi connectivity index (χ1v) is 10.2. The third-order valence-electron chi connectivity index (χ3n) is 4.05. The quantitative estimate of drug-likeness (QED) is 0.743. The van der Waals surface area contributed by atoms with Gasteiger partial charge in [-0.2, -0.15) is 4.72 Å². The molecule has 0 aromatic heterocycles. The molecule has 1 fully saturated rings. The number of nitrogens with one attached hydrogen (secondary N) is 2. The molecule has 0 spiro atoms. The van der Waals surface area contributed by atoms with E-state index in [0.29, 0.717) is 0 Å². The Morgan fingerprint density at radius 2 is 1.70 bits per heavy atom. The lowest BCUT2D eigenvalue weighted by Crippen LogP contribution is -2.47. The van der Waals surface area contributed by atoms with E-state index >= 15 is 0 Å². The van der Waals surface area contributed by atoms with Gasteiger partial charge in [-0.25, -0.2) is 8.42 Å². The molecule has 23 heavy (non-hydrogen) atoms. The van der Waals surface area contributed by atoms with Crippen LogP contribution in [0.1, 0.15) is 45.4 Å². The maximum Gasteiger partial charge on any atom is 0.241 e. The Hall–Kier alpha value is -0.920. The van der Waals surface area contributed by atoms with Gasteiger partial charge in [0.15, 0.2) is 0 Å². The monoisotopic (exact) mass is 402 g/mol. The second kappa shape index (κ2) is 8.26. The highest BCUT2D eigenvalue weighted by Gasteiger charge is 2.24. The zero-order chi connectivity index (χ0) is 16.9. The highest BCUT2D eigenvalue weighted by molar-refractivity contribution is 9.10. The van der Waals surface area contributed by atoms with E-state index in [1.165, 1.54) is 25.0 Å². The molecule has 1 aliphatic rings. The lowest BCUT2D eigenvalue weighted by atomic mass is 10.1. The number of benzene rings is 1. The fourth-order valence-electron chi connectivity index (χ4n) is 2.72. The van der Waals surface area contributed by atoms with Crippen LogP contribution in [0.2, 0.25) is 0 Å². The SMILES string of the molecule is C[C@@H](NS(=O)(=O)c1ccc(Br)cc1)C(=O)NC1CCCCCC1. The number of carbonyl (C=O) groups excluding carboxylic acids is 1. The molecule has 2 N–H and O–H groups in total. The number of halogens is 1. The lowest BCUT2D eigenvalue weighted by Gasteiger charge is -2.20. The average molecular weight is 403 g/mol. The van der Waals surface area contributed by atoms with Gasteiger partial charge in [0.2, 0.25) is 15.9 Å². The summed E-state index contributed by atoms with van der Waals surface area (Å²) in [5.74, 6) is -0.266. The molecule has 0 heterocycles. The van der Waals surface area contributed by atoms with Crippen molar-refractivity contribution in [2.75, 3.05) is 0 Å². The summed E-state index contributed by atoms with van der Waals surface area (Å²) in [7, 11) is -3.70. The Kier molecular flexibility index (Phi) is 6.61. The maximum absolute atomic E-state index is 12.3. The lowest BCUT2D eigenvalue weighted by molar-refractivity contribution is -0.123. The van der Waals surface area contributed by atoms with Crippen LogP contribution in [0.5, 0.6) is 0 Å². The third-order valence-corrected chi connectivity index (χ3v) is 6.14. The Balaban J connectivity index is 1.95. The summed E-state index contributed by atoms with van der Waals surface area (Å²) >= 11 is 3.27. The van der Waals surface area contributed by atoms with Gasteiger partial charge in [0, 0.05) is 10.5 Å². The molecule has 1 atom stereocenters. The summed E-state index contributed by atoms with van der Waals surface area (Å²) in [6.07, 6.45) is 6.58. The number of sulfonamides is 1. The van der Waals surface area contributed by atoms with Crippen molar-refractivity contribution in [3.8, 4) is 0 Å². The number of hydrogen-bond acceptors (Lipinski definition) is 3. The highest BCUT2D eigenvalue weighted by atomic mass is 79.9. The first kappa shape index (κ1) is 18.4. The van der Waals surface area contributed by atoms with Crippen molar-refractivity contribution >= 4 is 31.9 Å². The Morgan fingerprint density at radius 1 is 1.13 bits per heavy atom. The fourth-order valence-corrected chi connectivity index (χ4v) is 4.19. The van der Waals surface area contributed by atoms with Crippen LogP contribution < -0.4 is 10.0 Å². The smallest absolute Gasteiger partial charge is 0.241 e. The third kappa shape index (κ3) is 5.58. The standard InChI is InChI=1S/C16H23BrN2O3S/c1-12(16(20)18-14-6-4-2-3-5-7-14)19-23(21,22)15-10-8-13(17)9-11-15/h8-12,14,19H,2-7H2,1H3,(H,18,20)/t12-/m1/s1. The van der Waals surface area contributed by atoms with Crippen molar-refractivity contribution in [2.24, 2.45) is 0 Å². The van der Waals surface area contributed by atoms with E-state index in [4.69, 9.17) is 0 Å². The van der Waals surface area contributed by atoms with Crippen LogP contribution in [0, 0.1) is 0 Å². The molecule has 1 aromatic carbocycles. The van der Waals surface area contributed by atoms with E-state index in [2.05, 4.69) is 26.0 Å². The summed E-state index contributed by atoms with van der Waals surface area (Å²) in [6.45, 7) is 1.57. The zero-order valence-electron chi connectivity index (χ0n) is 13.2. The summed E-state index contributed by atoms with van der Waals surface area (Å²) in [6, 6.07) is 5.68. The molecule has 1 aliphatic carbocycles. The molecule has 2 rings (SSSR count). The van der Waals surface area contributed by atoms with Gasteiger partial charge in [-0.05, 0) is 44.0 Å². The minimum Gasteiger partial charge on any atom is -0.352 e. The van der Waals surface area contributed by atoms with Gasteiger partial charge in [-0.3, -0.25) is 4.79 Å². The van der Waals surface area contributed by atoms with Crippen LogP contribution in [-0.2, 0) is 14.8 Å². The molecule has 0 bridgehead atoms.